The maximum absolute atomic E-state index is 13.9. The van der Waals surface area contributed by atoms with Crippen molar-refractivity contribution in [2.45, 2.75) is 38.6 Å². The average molecular weight is 333 g/mol. The lowest BCUT2D eigenvalue weighted by Crippen LogP contribution is -2.56. The van der Waals surface area contributed by atoms with Crippen LogP contribution in [-0.4, -0.2) is 61.0 Å². The topological polar surface area (TPSA) is 26.8 Å². The highest BCUT2D eigenvalue weighted by molar-refractivity contribution is 5.76. The molecule has 0 N–H and O–H groups in total. The van der Waals surface area contributed by atoms with Gasteiger partial charge in [-0.3, -0.25) is 9.69 Å². The fourth-order valence-electron chi connectivity index (χ4n) is 3.89. The molecule has 3 rings (SSSR count). The van der Waals surface area contributed by atoms with E-state index in [-0.39, 0.29) is 5.82 Å². The summed E-state index contributed by atoms with van der Waals surface area (Å²) in [4.78, 5) is 18.8. The Morgan fingerprint density at radius 1 is 1.17 bits per heavy atom. The van der Waals surface area contributed by atoms with Crippen molar-refractivity contribution in [2.75, 3.05) is 44.2 Å². The first kappa shape index (κ1) is 17.2. The summed E-state index contributed by atoms with van der Waals surface area (Å²) in [5.41, 5.74) is 0.709. The Morgan fingerprint density at radius 3 is 2.62 bits per heavy atom. The number of rotatable bonds is 4. The number of carbonyl (C=O) groups excluding carboxylic acids is 1. The molecule has 2 aliphatic heterocycles. The van der Waals surface area contributed by atoms with Crippen LogP contribution in [0.4, 0.5) is 10.1 Å². The summed E-state index contributed by atoms with van der Waals surface area (Å²) in [6, 6.07) is 7.47. The van der Waals surface area contributed by atoms with Crippen LogP contribution in [0.3, 0.4) is 0 Å². The molecule has 0 unspecified atom stereocenters. The van der Waals surface area contributed by atoms with Gasteiger partial charge in [0.15, 0.2) is 0 Å². The predicted octanol–water partition coefficient (Wildman–Crippen LogP) is 2.74. The molecule has 0 aromatic heterocycles. The lowest BCUT2D eigenvalue weighted by molar-refractivity contribution is -0.133. The van der Waals surface area contributed by atoms with Crippen molar-refractivity contribution in [3.8, 4) is 0 Å². The Bertz CT molecular complexity index is 557. The highest BCUT2D eigenvalue weighted by Gasteiger charge is 2.30. The molecule has 1 aromatic rings. The molecule has 1 amide bonds. The van der Waals surface area contributed by atoms with Crippen molar-refractivity contribution in [3.05, 3.63) is 30.1 Å². The molecule has 0 radical (unpaired) electrons. The van der Waals surface area contributed by atoms with Gasteiger partial charge in [0.2, 0.25) is 5.91 Å². The van der Waals surface area contributed by atoms with Crippen LogP contribution in [0.1, 0.15) is 32.6 Å². The summed E-state index contributed by atoms with van der Waals surface area (Å²) in [7, 11) is 0. The molecule has 0 spiro atoms. The number of anilines is 1. The standard InChI is InChI=1S/C19H28FN3O/c1-2-6-19(24)23-10-5-7-16(15-23)21-11-13-22(14-12-21)18-9-4-3-8-17(18)20/h3-4,8-9,16H,2,5-7,10-15H2,1H3/t16-/m0/s1. The number of amides is 1. The van der Waals surface area contributed by atoms with Crippen LogP contribution in [0.25, 0.3) is 0 Å². The van der Waals surface area contributed by atoms with Gasteiger partial charge in [0, 0.05) is 51.7 Å². The number of nitrogens with zero attached hydrogens (tertiary/aromatic N) is 3. The first-order valence-corrected chi connectivity index (χ1v) is 9.20. The minimum Gasteiger partial charge on any atom is -0.367 e. The van der Waals surface area contributed by atoms with Crippen LogP contribution in [0.2, 0.25) is 0 Å². The molecular formula is C19H28FN3O. The van der Waals surface area contributed by atoms with Crippen LogP contribution in [0, 0.1) is 5.82 Å². The Labute approximate surface area is 144 Å². The Kier molecular flexibility index (Phi) is 5.72. The van der Waals surface area contributed by atoms with Crippen molar-refractivity contribution in [2.24, 2.45) is 0 Å². The number of hydrogen-bond acceptors (Lipinski definition) is 3. The van der Waals surface area contributed by atoms with Gasteiger partial charge in [0.05, 0.1) is 5.69 Å². The van der Waals surface area contributed by atoms with Gasteiger partial charge >= 0.3 is 0 Å². The van der Waals surface area contributed by atoms with Crippen LogP contribution in [-0.2, 0) is 4.79 Å². The van der Waals surface area contributed by atoms with Crippen LogP contribution < -0.4 is 4.90 Å². The lowest BCUT2D eigenvalue weighted by Gasteiger charge is -2.44. The molecule has 0 bridgehead atoms. The Morgan fingerprint density at radius 2 is 1.92 bits per heavy atom. The van der Waals surface area contributed by atoms with E-state index in [1.165, 1.54) is 6.07 Å². The second kappa shape index (κ2) is 7.97. The molecule has 0 saturated carbocycles. The van der Waals surface area contributed by atoms with E-state index in [0.29, 0.717) is 24.1 Å². The van der Waals surface area contributed by atoms with E-state index in [0.717, 1.165) is 58.5 Å². The van der Waals surface area contributed by atoms with Crippen molar-refractivity contribution >= 4 is 11.6 Å². The third kappa shape index (κ3) is 3.89. The number of benzene rings is 1. The predicted molar refractivity (Wildman–Crippen MR) is 94.7 cm³/mol. The van der Waals surface area contributed by atoms with Crippen molar-refractivity contribution in [3.63, 3.8) is 0 Å². The molecular weight excluding hydrogens is 305 g/mol. The smallest absolute Gasteiger partial charge is 0.222 e. The van der Waals surface area contributed by atoms with E-state index < -0.39 is 0 Å². The summed E-state index contributed by atoms with van der Waals surface area (Å²) < 4.78 is 13.9. The fraction of sp³-hybridized carbons (Fsp3) is 0.632. The number of piperidine rings is 1. The molecule has 4 nitrogen and oxygen atoms in total. The van der Waals surface area contributed by atoms with E-state index in [2.05, 4.69) is 16.7 Å². The highest BCUT2D eigenvalue weighted by Crippen LogP contribution is 2.23. The van der Waals surface area contributed by atoms with Crippen molar-refractivity contribution in [1.29, 1.82) is 0 Å². The zero-order valence-electron chi connectivity index (χ0n) is 14.6. The Balaban J connectivity index is 1.54. The number of carbonyl (C=O) groups is 1. The van der Waals surface area contributed by atoms with E-state index in [1.54, 1.807) is 6.07 Å². The lowest BCUT2D eigenvalue weighted by atomic mass is 10.0. The molecule has 1 atom stereocenters. The van der Waals surface area contributed by atoms with Gasteiger partial charge in [-0.05, 0) is 31.4 Å². The molecule has 132 valence electrons. The fourth-order valence-corrected chi connectivity index (χ4v) is 3.89. The SMILES string of the molecule is CCCC(=O)N1CCC[C@H](N2CCN(c3ccccc3F)CC2)C1. The van der Waals surface area contributed by atoms with Crippen LogP contribution in [0.15, 0.2) is 24.3 Å². The minimum absolute atomic E-state index is 0.139. The van der Waals surface area contributed by atoms with Gasteiger partial charge < -0.3 is 9.80 Å². The normalized spacial score (nSPS) is 22.7. The zero-order valence-corrected chi connectivity index (χ0v) is 14.6. The number of para-hydroxylation sites is 1. The maximum Gasteiger partial charge on any atom is 0.222 e. The highest BCUT2D eigenvalue weighted by atomic mass is 19.1. The third-order valence-corrected chi connectivity index (χ3v) is 5.24. The first-order chi connectivity index (χ1) is 11.7. The Hall–Kier alpha value is -1.62. The van der Waals surface area contributed by atoms with Gasteiger partial charge in [-0.2, -0.15) is 0 Å². The van der Waals surface area contributed by atoms with Crippen molar-refractivity contribution in [1.82, 2.24) is 9.80 Å². The maximum atomic E-state index is 13.9. The number of hydrogen-bond donors (Lipinski definition) is 0. The summed E-state index contributed by atoms with van der Waals surface area (Å²) in [6.07, 6.45) is 3.83. The largest absolute Gasteiger partial charge is 0.367 e. The van der Waals surface area contributed by atoms with Crippen LogP contribution >= 0.6 is 0 Å². The number of piperazine rings is 1. The second-order valence-corrected chi connectivity index (χ2v) is 6.86. The monoisotopic (exact) mass is 333 g/mol. The summed E-state index contributed by atoms with van der Waals surface area (Å²) >= 11 is 0. The van der Waals surface area contributed by atoms with E-state index >= 15 is 0 Å². The van der Waals surface area contributed by atoms with Gasteiger partial charge in [-0.25, -0.2) is 4.39 Å². The van der Waals surface area contributed by atoms with Gasteiger partial charge in [0.1, 0.15) is 5.82 Å². The second-order valence-electron chi connectivity index (χ2n) is 6.86. The first-order valence-electron chi connectivity index (χ1n) is 9.20. The third-order valence-electron chi connectivity index (χ3n) is 5.24. The molecule has 5 heteroatoms. The minimum atomic E-state index is -0.139. The van der Waals surface area contributed by atoms with Crippen molar-refractivity contribution < 1.29 is 9.18 Å². The van der Waals surface area contributed by atoms with E-state index in [1.807, 2.05) is 17.0 Å². The molecule has 24 heavy (non-hydrogen) atoms. The van der Waals surface area contributed by atoms with Gasteiger partial charge in [-0.1, -0.05) is 19.1 Å². The zero-order chi connectivity index (χ0) is 16.9. The number of likely N-dealkylation sites (tertiary alicyclic amines) is 1. The molecule has 2 heterocycles. The van der Waals surface area contributed by atoms with Crippen LogP contribution in [0.5, 0.6) is 0 Å². The quantitative estimate of drug-likeness (QED) is 0.848. The molecule has 1 aromatic carbocycles. The molecule has 2 saturated heterocycles. The summed E-state index contributed by atoms with van der Waals surface area (Å²) in [5.74, 6) is 0.159. The van der Waals surface area contributed by atoms with E-state index in [4.69, 9.17) is 0 Å². The molecule has 0 aliphatic carbocycles. The van der Waals surface area contributed by atoms with Gasteiger partial charge in [-0.15, -0.1) is 0 Å². The number of halogens is 1. The van der Waals surface area contributed by atoms with E-state index in [9.17, 15) is 9.18 Å². The molecule has 2 fully saturated rings. The summed E-state index contributed by atoms with van der Waals surface area (Å²) in [6.45, 7) is 7.40. The summed E-state index contributed by atoms with van der Waals surface area (Å²) in [5, 5.41) is 0. The van der Waals surface area contributed by atoms with Gasteiger partial charge in [0.25, 0.3) is 0 Å². The molecule has 2 aliphatic rings. The average Bonchev–Trinajstić information content (AvgIpc) is 2.63.